The Morgan fingerprint density at radius 3 is 2.38 bits per heavy atom. The van der Waals surface area contributed by atoms with E-state index in [0.29, 0.717) is 6.07 Å². The molecule has 206 valence electrons. The Labute approximate surface area is 219 Å². The molecular formula is C26H24F4N4O5. The molecule has 2 heterocycles. The number of carboxylic acids is 1. The molecule has 2 unspecified atom stereocenters. The Morgan fingerprint density at radius 1 is 1.18 bits per heavy atom. The zero-order valence-corrected chi connectivity index (χ0v) is 20.5. The first-order chi connectivity index (χ1) is 18.4. The van der Waals surface area contributed by atoms with E-state index in [-0.39, 0.29) is 48.3 Å². The maximum Gasteiger partial charge on any atom is 0.416 e. The summed E-state index contributed by atoms with van der Waals surface area (Å²) in [4.78, 5) is 44.7. The molecule has 0 spiro atoms. The smallest absolute Gasteiger partial charge is 0.416 e. The Balaban J connectivity index is 1.87. The highest BCUT2D eigenvalue weighted by molar-refractivity contribution is 6.17. The van der Waals surface area contributed by atoms with Crippen LogP contribution in [0.15, 0.2) is 64.8 Å². The third-order valence-electron chi connectivity index (χ3n) is 6.40. The normalized spacial score (nSPS) is 22.4. The van der Waals surface area contributed by atoms with Crippen molar-refractivity contribution in [2.75, 3.05) is 19.8 Å². The molecule has 13 heteroatoms. The largest absolute Gasteiger partial charge is 0.477 e. The lowest BCUT2D eigenvalue weighted by Gasteiger charge is -2.41. The zero-order valence-electron chi connectivity index (χ0n) is 20.5. The van der Waals surface area contributed by atoms with Gasteiger partial charge in [0.05, 0.1) is 24.8 Å². The molecule has 2 aromatic rings. The van der Waals surface area contributed by atoms with Gasteiger partial charge in [-0.2, -0.15) is 13.2 Å². The lowest BCUT2D eigenvalue weighted by atomic mass is 9.78. The van der Waals surface area contributed by atoms with Crippen molar-refractivity contribution < 1.29 is 41.8 Å². The Bertz CT molecular complexity index is 1350. The van der Waals surface area contributed by atoms with Crippen LogP contribution in [0.2, 0.25) is 0 Å². The van der Waals surface area contributed by atoms with E-state index < -0.39 is 53.0 Å². The number of amidine groups is 1. The number of carboxylic acid groups (broad SMARTS) is 1. The number of benzene rings is 2. The Hall–Kier alpha value is -4.26. The number of aliphatic imine (C=N–C) groups is 1. The molecule has 0 saturated carbocycles. The third-order valence-corrected chi connectivity index (χ3v) is 6.40. The summed E-state index contributed by atoms with van der Waals surface area (Å²) in [7, 11) is 0. The number of ether oxygens (including phenoxy) is 1. The summed E-state index contributed by atoms with van der Waals surface area (Å²) in [6, 6.07) is 6.51. The van der Waals surface area contributed by atoms with Gasteiger partial charge in [0.2, 0.25) is 0 Å². The van der Waals surface area contributed by atoms with Gasteiger partial charge in [-0.3, -0.25) is 19.5 Å². The second-order valence-electron chi connectivity index (χ2n) is 8.92. The van der Waals surface area contributed by atoms with Crippen LogP contribution < -0.4 is 11.1 Å². The molecule has 4 N–H and O–H groups in total. The molecule has 0 aliphatic carbocycles. The van der Waals surface area contributed by atoms with Gasteiger partial charge in [0.25, 0.3) is 11.8 Å². The van der Waals surface area contributed by atoms with E-state index in [2.05, 4.69) is 10.3 Å². The lowest BCUT2D eigenvalue weighted by Crippen LogP contribution is -2.60. The van der Waals surface area contributed by atoms with Crippen LogP contribution in [-0.4, -0.2) is 65.5 Å². The number of carbonyl (C=O) groups is 3. The molecule has 0 bridgehead atoms. The molecule has 0 aromatic heterocycles. The lowest BCUT2D eigenvalue weighted by molar-refractivity contribution is -0.137. The van der Waals surface area contributed by atoms with Crippen molar-refractivity contribution in [1.29, 1.82) is 0 Å². The Kier molecular flexibility index (Phi) is 7.72. The number of piperidine rings is 1. The quantitative estimate of drug-likeness (QED) is 0.376. The number of aliphatic carboxylic acids is 1. The van der Waals surface area contributed by atoms with Crippen molar-refractivity contribution in [2.45, 2.75) is 31.1 Å². The van der Waals surface area contributed by atoms with Crippen molar-refractivity contribution in [3.8, 4) is 0 Å². The molecule has 9 nitrogen and oxygen atoms in total. The highest BCUT2D eigenvalue weighted by Crippen LogP contribution is 2.37. The fourth-order valence-corrected chi connectivity index (χ4v) is 4.42. The van der Waals surface area contributed by atoms with E-state index in [9.17, 15) is 37.1 Å². The topological polar surface area (TPSA) is 134 Å². The van der Waals surface area contributed by atoms with Gasteiger partial charge in [0.1, 0.15) is 23.4 Å². The van der Waals surface area contributed by atoms with Gasteiger partial charge < -0.3 is 20.9 Å². The van der Waals surface area contributed by atoms with Gasteiger partial charge in [0.15, 0.2) is 0 Å². The van der Waals surface area contributed by atoms with E-state index in [1.54, 1.807) is 6.92 Å². The van der Waals surface area contributed by atoms with Crippen LogP contribution in [0, 0.1) is 5.82 Å². The molecule has 2 fully saturated rings. The highest BCUT2D eigenvalue weighted by atomic mass is 19.4. The molecule has 39 heavy (non-hydrogen) atoms. The average molecular weight is 548 g/mol. The van der Waals surface area contributed by atoms with Crippen LogP contribution in [-0.2, 0) is 20.5 Å². The molecular weight excluding hydrogens is 524 g/mol. The zero-order chi connectivity index (χ0) is 28.5. The fraction of sp³-hybridized carbons (Fsp3) is 0.308. The number of nitrogens with zero attached hydrogens (tertiary/aromatic N) is 2. The second-order valence-corrected chi connectivity index (χ2v) is 8.92. The number of likely N-dealkylation sites (tertiary alicyclic amines) is 1. The maximum atomic E-state index is 13.8. The number of hydrogen-bond acceptors (Lipinski definition) is 6. The number of alkyl halides is 3. The number of carbonyl (C=O) groups excluding carboxylic acids is 2. The van der Waals surface area contributed by atoms with E-state index >= 15 is 0 Å². The minimum absolute atomic E-state index is 0.00765. The number of likely N-dealkylation sites (N-methyl/N-ethyl adjacent to an activating group) is 1. The van der Waals surface area contributed by atoms with E-state index in [4.69, 9.17) is 10.5 Å². The summed E-state index contributed by atoms with van der Waals surface area (Å²) >= 11 is 0. The number of hydrogen-bond donors (Lipinski definition) is 3. The number of halogens is 4. The summed E-state index contributed by atoms with van der Waals surface area (Å²) in [6.45, 7) is 2.07. The van der Waals surface area contributed by atoms with E-state index in [0.717, 1.165) is 35.2 Å². The van der Waals surface area contributed by atoms with Gasteiger partial charge in [0, 0.05) is 23.6 Å². The first kappa shape index (κ1) is 27.8. The second kappa shape index (κ2) is 10.8. The van der Waals surface area contributed by atoms with Gasteiger partial charge in [-0.15, -0.1) is 0 Å². The number of nitrogens with one attached hydrogen (secondary N) is 1. The SMILES string of the molecule is CCN1C(=O)C(NC(=O)c2cccc(C(F)(F)F)c2)C(c2ccc(F)cc2)/C(=C(/N)C(=O)O)C1=NC1COC1. The molecule has 2 aliphatic rings. The average Bonchev–Trinajstić information content (AvgIpc) is 2.87. The summed E-state index contributed by atoms with van der Waals surface area (Å²) in [5, 5.41) is 12.3. The van der Waals surface area contributed by atoms with Crippen LogP contribution in [0.4, 0.5) is 17.6 Å². The standard InChI is InChI=1S/C26H24F4N4O5/c1-2-34-22(32-17-11-39-12-17)19(20(31)25(37)38)18(13-6-8-16(27)9-7-13)21(24(34)36)33-23(35)14-4-3-5-15(10-14)26(28,29)30/h3-10,17-18,21H,2,11-12,31H2,1H3,(H,33,35)(H,37,38)/b20-19-,32-22?. The van der Waals surface area contributed by atoms with Crippen LogP contribution >= 0.6 is 0 Å². The number of rotatable bonds is 6. The van der Waals surface area contributed by atoms with Crippen LogP contribution in [0.5, 0.6) is 0 Å². The molecule has 2 amide bonds. The first-order valence-corrected chi connectivity index (χ1v) is 11.9. The Morgan fingerprint density at radius 2 is 1.85 bits per heavy atom. The molecule has 2 saturated heterocycles. The molecule has 2 aromatic carbocycles. The van der Waals surface area contributed by atoms with Gasteiger partial charge >= 0.3 is 12.1 Å². The van der Waals surface area contributed by atoms with Crippen molar-refractivity contribution in [3.05, 3.63) is 82.3 Å². The molecule has 4 rings (SSSR count). The van der Waals surface area contributed by atoms with Crippen molar-refractivity contribution in [3.63, 3.8) is 0 Å². The van der Waals surface area contributed by atoms with Crippen molar-refractivity contribution in [2.24, 2.45) is 10.7 Å². The van der Waals surface area contributed by atoms with Crippen LogP contribution in [0.3, 0.4) is 0 Å². The maximum absolute atomic E-state index is 13.8. The predicted octanol–water partition coefficient (Wildman–Crippen LogP) is 2.68. The van der Waals surface area contributed by atoms with Crippen molar-refractivity contribution in [1.82, 2.24) is 10.2 Å². The predicted molar refractivity (Wildman–Crippen MR) is 130 cm³/mol. The summed E-state index contributed by atoms with van der Waals surface area (Å²) in [5.74, 6) is -5.14. The third kappa shape index (κ3) is 5.62. The molecule has 0 radical (unpaired) electrons. The fourth-order valence-electron chi connectivity index (χ4n) is 4.42. The first-order valence-electron chi connectivity index (χ1n) is 11.9. The van der Waals surface area contributed by atoms with Gasteiger partial charge in [-0.25, -0.2) is 9.18 Å². The van der Waals surface area contributed by atoms with Crippen LogP contribution in [0.25, 0.3) is 0 Å². The molecule has 2 aliphatic heterocycles. The number of amides is 2. The monoisotopic (exact) mass is 548 g/mol. The minimum Gasteiger partial charge on any atom is -0.477 e. The van der Waals surface area contributed by atoms with Crippen LogP contribution in [0.1, 0.15) is 34.3 Å². The summed E-state index contributed by atoms with van der Waals surface area (Å²) in [6.07, 6.45) is -4.71. The number of nitrogens with two attached hydrogens (primary N) is 1. The van der Waals surface area contributed by atoms with Gasteiger partial charge in [-0.05, 0) is 42.8 Å². The van der Waals surface area contributed by atoms with E-state index in [1.807, 2.05) is 0 Å². The highest BCUT2D eigenvalue weighted by Gasteiger charge is 2.47. The summed E-state index contributed by atoms with van der Waals surface area (Å²) < 4.78 is 58.7. The molecule has 2 atom stereocenters. The van der Waals surface area contributed by atoms with Gasteiger partial charge in [-0.1, -0.05) is 18.2 Å². The van der Waals surface area contributed by atoms with E-state index in [1.165, 1.54) is 12.1 Å². The summed E-state index contributed by atoms with van der Waals surface area (Å²) in [5.41, 5.74) is 4.06. The minimum atomic E-state index is -4.71. The van der Waals surface area contributed by atoms with Crippen molar-refractivity contribution >= 4 is 23.6 Å².